The van der Waals surface area contributed by atoms with Gasteiger partial charge in [-0.15, -0.1) is 0 Å². The summed E-state index contributed by atoms with van der Waals surface area (Å²) in [6, 6.07) is 3.69. The normalized spacial score (nSPS) is 12.0. The largest absolute Gasteiger partial charge is 0.479 e. The number of amides is 1. The lowest BCUT2D eigenvalue weighted by molar-refractivity contribution is -0.139. The summed E-state index contributed by atoms with van der Waals surface area (Å²) in [6.45, 7) is 1.80. The number of carbonyl (C=O) groups is 2. The van der Waals surface area contributed by atoms with Crippen LogP contribution < -0.4 is 5.32 Å². The van der Waals surface area contributed by atoms with Crippen LogP contribution in [0.2, 0.25) is 5.02 Å². The SMILES string of the molecule is Cc1cc(Cl)cc(C(=O)NC(C(=O)O)c2cnn(C)c2)c1. The van der Waals surface area contributed by atoms with Crippen LogP contribution in [0.25, 0.3) is 0 Å². The van der Waals surface area contributed by atoms with Gasteiger partial charge in [0.1, 0.15) is 0 Å². The molecule has 6 nitrogen and oxygen atoms in total. The van der Waals surface area contributed by atoms with Crippen molar-refractivity contribution in [2.24, 2.45) is 7.05 Å². The molecule has 0 spiro atoms. The molecule has 1 unspecified atom stereocenters. The van der Waals surface area contributed by atoms with Crippen molar-refractivity contribution in [2.45, 2.75) is 13.0 Å². The number of carboxylic acid groups (broad SMARTS) is 1. The first-order chi connectivity index (χ1) is 9.86. The highest BCUT2D eigenvalue weighted by Crippen LogP contribution is 2.17. The van der Waals surface area contributed by atoms with E-state index in [4.69, 9.17) is 11.6 Å². The van der Waals surface area contributed by atoms with E-state index in [1.807, 2.05) is 0 Å². The van der Waals surface area contributed by atoms with E-state index < -0.39 is 17.9 Å². The van der Waals surface area contributed by atoms with Gasteiger partial charge in [0.2, 0.25) is 0 Å². The fraction of sp³-hybridized carbons (Fsp3) is 0.214. The van der Waals surface area contributed by atoms with Gasteiger partial charge in [-0.2, -0.15) is 5.10 Å². The van der Waals surface area contributed by atoms with E-state index in [1.165, 1.54) is 16.9 Å². The molecule has 1 heterocycles. The number of hydrogen-bond acceptors (Lipinski definition) is 3. The number of rotatable bonds is 4. The van der Waals surface area contributed by atoms with Gasteiger partial charge in [0.25, 0.3) is 5.91 Å². The lowest BCUT2D eigenvalue weighted by Gasteiger charge is -2.13. The Morgan fingerprint density at radius 3 is 2.62 bits per heavy atom. The summed E-state index contributed by atoms with van der Waals surface area (Å²) < 4.78 is 1.47. The average molecular weight is 308 g/mol. The Morgan fingerprint density at radius 1 is 1.38 bits per heavy atom. The first kappa shape index (κ1) is 15.1. The Hall–Kier alpha value is -2.34. The van der Waals surface area contributed by atoms with Crippen molar-refractivity contribution in [3.05, 3.63) is 52.3 Å². The molecule has 2 rings (SSSR count). The van der Waals surface area contributed by atoms with Crippen molar-refractivity contribution in [1.29, 1.82) is 0 Å². The van der Waals surface area contributed by atoms with Crippen LogP contribution in [-0.2, 0) is 11.8 Å². The van der Waals surface area contributed by atoms with Gasteiger partial charge in [-0.25, -0.2) is 4.79 Å². The smallest absolute Gasteiger partial charge is 0.331 e. The first-order valence-corrected chi connectivity index (χ1v) is 6.54. The minimum absolute atomic E-state index is 0.315. The number of carbonyl (C=O) groups excluding carboxylic acids is 1. The number of hydrogen-bond donors (Lipinski definition) is 2. The van der Waals surface area contributed by atoms with E-state index in [0.29, 0.717) is 16.1 Å². The molecule has 0 saturated heterocycles. The Kier molecular flexibility index (Phi) is 4.28. The molecule has 1 aromatic carbocycles. The van der Waals surface area contributed by atoms with Gasteiger partial charge in [-0.1, -0.05) is 11.6 Å². The predicted octanol–water partition coefficient (Wildman–Crippen LogP) is 1.94. The molecule has 1 atom stereocenters. The van der Waals surface area contributed by atoms with Crippen LogP contribution in [0.15, 0.2) is 30.6 Å². The number of carboxylic acids is 1. The van der Waals surface area contributed by atoms with Crippen molar-refractivity contribution in [3.8, 4) is 0 Å². The molecule has 21 heavy (non-hydrogen) atoms. The van der Waals surface area contributed by atoms with Gasteiger partial charge in [0, 0.05) is 29.4 Å². The lowest BCUT2D eigenvalue weighted by atomic mass is 10.1. The molecule has 110 valence electrons. The van der Waals surface area contributed by atoms with E-state index >= 15 is 0 Å². The molecule has 1 aromatic heterocycles. The van der Waals surface area contributed by atoms with E-state index in [0.717, 1.165) is 5.56 Å². The summed E-state index contributed by atoms with van der Waals surface area (Å²) in [5.74, 6) is -1.66. The predicted molar refractivity (Wildman–Crippen MR) is 77.2 cm³/mol. The van der Waals surface area contributed by atoms with Crippen LogP contribution in [0.5, 0.6) is 0 Å². The number of aryl methyl sites for hydroxylation is 2. The zero-order valence-corrected chi connectivity index (χ0v) is 12.3. The number of halogens is 1. The highest BCUT2D eigenvalue weighted by molar-refractivity contribution is 6.31. The number of benzene rings is 1. The Balaban J connectivity index is 2.24. The molecule has 0 fully saturated rings. The highest BCUT2D eigenvalue weighted by atomic mass is 35.5. The van der Waals surface area contributed by atoms with Crippen LogP contribution in [0.1, 0.15) is 27.5 Å². The minimum atomic E-state index is -1.16. The molecule has 2 aromatic rings. The maximum Gasteiger partial charge on any atom is 0.331 e. The molecule has 1 amide bonds. The number of nitrogens with one attached hydrogen (secondary N) is 1. The van der Waals surface area contributed by atoms with E-state index in [-0.39, 0.29) is 0 Å². The monoisotopic (exact) mass is 307 g/mol. The van der Waals surface area contributed by atoms with Gasteiger partial charge in [-0.05, 0) is 30.7 Å². The van der Waals surface area contributed by atoms with Gasteiger partial charge in [0.05, 0.1) is 6.20 Å². The average Bonchev–Trinajstić information content (AvgIpc) is 2.80. The minimum Gasteiger partial charge on any atom is -0.479 e. The second kappa shape index (κ2) is 5.97. The number of aromatic nitrogens is 2. The number of nitrogens with zero attached hydrogens (tertiary/aromatic N) is 2. The van der Waals surface area contributed by atoms with Gasteiger partial charge in [0.15, 0.2) is 6.04 Å². The van der Waals surface area contributed by atoms with Crippen LogP contribution in [0.4, 0.5) is 0 Å². The molecule has 0 aliphatic carbocycles. The third kappa shape index (κ3) is 3.61. The number of aliphatic carboxylic acids is 1. The Bertz CT molecular complexity index is 676. The summed E-state index contributed by atoms with van der Waals surface area (Å²) in [5, 5.41) is 16.1. The second-order valence-electron chi connectivity index (χ2n) is 4.71. The van der Waals surface area contributed by atoms with Crippen molar-refractivity contribution < 1.29 is 14.7 Å². The van der Waals surface area contributed by atoms with Gasteiger partial charge >= 0.3 is 5.97 Å². The fourth-order valence-electron chi connectivity index (χ4n) is 1.96. The maximum absolute atomic E-state index is 12.2. The zero-order chi connectivity index (χ0) is 15.6. The van der Waals surface area contributed by atoms with E-state index in [9.17, 15) is 14.7 Å². The molecule has 2 N–H and O–H groups in total. The summed E-state index contributed by atoms with van der Waals surface area (Å²) >= 11 is 5.90. The fourth-order valence-corrected chi connectivity index (χ4v) is 2.25. The molecular formula is C14H14ClN3O3. The highest BCUT2D eigenvalue weighted by Gasteiger charge is 2.24. The Morgan fingerprint density at radius 2 is 2.10 bits per heavy atom. The summed E-state index contributed by atoms with van der Waals surface area (Å²) in [4.78, 5) is 23.5. The molecule has 0 saturated carbocycles. The quantitative estimate of drug-likeness (QED) is 0.904. The first-order valence-electron chi connectivity index (χ1n) is 6.16. The second-order valence-corrected chi connectivity index (χ2v) is 5.15. The maximum atomic E-state index is 12.2. The van der Waals surface area contributed by atoms with Crippen molar-refractivity contribution in [2.75, 3.05) is 0 Å². The zero-order valence-electron chi connectivity index (χ0n) is 11.5. The van der Waals surface area contributed by atoms with Gasteiger partial charge in [-0.3, -0.25) is 9.48 Å². The van der Waals surface area contributed by atoms with Crippen LogP contribution in [-0.4, -0.2) is 26.8 Å². The molecule has 0 bridgehead atoms. The van der Waals surface area contributed by atoms with Crippen molar-refractivity contribution in [3.63, 3.8) is 0 Å². The Labute approximate surface area is 126 Å². The molecule has 0 aliphatic heterocycles. The summed E-state index contributed by atoms with van der Waals surface area (Å²) in [6.07, 6.45) is 2.95. The summed E-state index contributed by atoms with van der Waals surface area (Å²) in [5.41, 5.74) is 1.54. The standard InChI is InChI=1S/C14H14ClN3O3/c1-8-3-9(5-11(15)4-8)13(19)17-12(14(20)21)10-6-16-18(2)7-10/h3-7,12H,1-2H3,(H,17,19)(H,20,21). The van der Waals surface area contributed by atoms with Crippen molar-refractivity contribution >= 4 is 23.5 Å². The third-order valence-corrected chi connectivity index (χ3v) is 3.10. The molecule has 0 aliphatic rings. The topological polar surface area (TPSA) is 84.2 Å². The van der Waals surface area contributed by atoms with Crippen LogP contribution in [0.3, 0.4) is 0 Å². The molecular weight excluding hydrogens is 294 g/mol. The molecule has 0 radical (unpaired) electrons. The van der Waals surface area contributed by atoms with Crippen molar-refractivity contribution in [1.82, 2.24) is 15.1 Å². The lowest BCUT2D eigenvalue weighted by Crippen LogP contribution is -2.33. The van der Waals surface area contributed by atoms with E-state index in [1.54, 1.807) is 32.3 Å². The molecule has 7 heteroatoms. The van der Waals surface area contributed by atoms with Crippen LogP contribution >= 0.6 is 11.6 Å². The summed E-state index contributed by atoms with van der Waals surface area (Å²) in [7, 11) is 1.67. The third-order valence-electron chi connectivity index (χ3n) is 2.88. The van der Waals surface area contributed by atoms with Crippen LogP contribution in [0, 0.1) is 6.92 Å². The van der Waals surface area contributed by atoms with E-state index in [2.05, 4.69) is 10.4 Å². The van der Waals surface area contributed by atoms with Gasteiger partial charge < -0.3 is 10.4 Å².